The summed E-state index contributed by atoms with van der Waals surface area (Å²) < 4.78 is 0. The molecule has 5 nitrogen and oxygen atoms in total. The van der Waals surface area contributed by atoms with Crippen molar-refractivity contribution >= 4 is 23.3 Å². The number of nitriles is 1. The molecule has 5 heteroatoms. The molecule has 5 rings (SSSR count). The molecule has 1 amide bonds. The Labute approximate surface area is 164 Å². The van der Waals surface area contributed by atoms with E-state index < -0.39 is 0 Å². The highest BCUT2D eigenvalue weighted by molar-refractivity contribution is 5.87. The van der Waals surface area contributed by atoms with Crippen molar-refractivity contribution in [3.63, 3.8) is 0 Å². The van der Waals surface area contributed by atoms with Crippen molar-refractivity contribution in [2.24, 2.45) is 11.3 Å². The van der Waals surface area contributed by atoms with Crippen LogP contribution in [0.5, 0.6) is 0 Å². The van der Waals surface area contributed by atoms with Crippen LogP contribution in [0.25, 0.3) is 11.6 Å². The van der Waals surface area contributed by atoms with E-state index in [0.29, 0.717) is 25.3 Å². The molecule has 2 saturated carbocycles. The first kappa shape index (κ1) is 17.4. The minimum atomic E-state index is -0.0837. The zero-order valence-electron chi connectivity index (χ0n) is 15.9. The maximum absolute atomic E-state index is 12.3. The minimum absolute atomic E-state index is 0.00664. The maximum atomic E-state index is 12.3. The molecule has 0 N–H and O–H groups in total. The van der Waals surface area contributed by atoms with E-state index in [1.165, 1.54) is 16.7 Å². The van der Waals surface area contributed by atoms with Gasteiger partial charge >= 0.3 is 0 Å². The van der Waals surface area contributed by atoms with Crippen LogP contribution in [-0.4, -0.2) is 34.7 Å². The summed E-state index contributed by atoms with van der Waals surface area (Å²) in [6.45, 7) is 1.24. The zero-order valence-corrected chi connectivity index (χ0v) is 15.9. The summed E-state index contributed by atoms with van der Waals surface area (Å²) in [7, 11) is 0. The molecule has 1 aromatic heterocycles. The van der Waals surface area contributed by atoms with Gasteiger partial charge in [0.25, 0.3) is 0 Å². The van der Waals surface area contributed by atoms with E-state index in [1.54, 1.807) is 0 Å². The number of amides is 1. The van der Waals surface area contributed by atoms with E-state index in [2.05, 4.69) is 24.3 Å². The number of Topliss-reactive ketones (excluding diaryl/α,β-unsaturated/α-hetero) is 1. The molecular weight excluding hydrogens is 350 g/mol. The van der Waals surface area contributed by atoms with Crippen molar-refractivity contribution in [3.8, 4) is 6.07 Å². The summed E-state index contributed by atoms with van der Waals surface area (Å²) in [4.78, 5) is 31.1. The molecule has 1 aromatic rings. The minimum Gasteiger partial charge on any atom is -0.337 e. The van der Waals surface area contributed by atoms with Gasteiger partial charge in [-0.1, -0.05) is 18.2 Å². The first-order valence-corrected chi connectivity index (χ1v) is 10.2. The zero-order chi connectivity index (χ0) is 19.3. The van der Waals surface area contributed by atoms with Crippen LogP contribution in [0.15, 0.2) is 18.2 Å². The summed E-state index contributed by atoms with van der Waals surface area (Å²) in [5.41, 5.74) is 5.63. The van der Waals surface area contributed by atoms with Gasteiger partial charge in [0.05, 0.1) is 11.8 Å². The lowest BCUT2D eigenvalue weighted by Crippen LogP contribution is -2.39. The lowest BCUT2D eigenvalue weighted by Gasteiger charge is -2.34. The second-order valence-electron chi connectivity index (χ2n) is 8.55. The Morgan fingerprint density at radius 1 is 1.32 bits per heavy atom. The van der Waals surface area contributed by atoms with Crippen molar-refractivity contribution in [2.45, 2.75) is 44.9 Å². The third-order valence-electron chi connectivity index (χ3n) is 6.48. The molecule has 3 aliphatic carbocycles. The lowest BCUT2D eigenvalue weighted by molar-refractivity contribution is -0.130. The Bertz CT molecular complexity index is 974. The van der Waals surface area contributed by atoms with Gasteiger partial charge in [-0.2, -0.15) is 5.26 Å². The Hall–Kier alpha value is -2.74. The predicted octanol–water partition coefficient (Wildman–Crippen LogP) is 3.09. The largest absolute Gasteiger partial charge is 0.337 e. The van der Waals surface area contributed by atoms with Gasteiger partial charge in [-0.15, -0.1) is 0 Å². The van der Waals surface area contributed by atoms with Gasteiger partial charge in [0.1, 0.15) is 12.2 Å². The van der Waals surface area contributed by atoms with Gasteiger partial charge in [-0.3, -0.25) is 14.6 Å². The summed E-state index contributed by atoms with van der Waals surface area (Å²) in [6, 6.07) is 4.09. The summed E-state index contributed by atoms with van der Waals surface area (Å²) in [6.07, 6.45) is 11.8. The van der Waals surface area contributed by atoms with E-state index in [0.717, 1.165) is 43.5 Å². The van der Waals surface area contributed by atoms with Crippen molar-refractivity contribution < 1.29 is 9.59 Å². The lowest BCUT2D eigenvalue weighted by atomic mass is 9.83. The van der Waals surface area contributed by atoms with Crippen LogP contribution in [0.4, 0.5) is 0 Å². The second kappa shape index (κ2) is 6.41. The van der Waals surface area contributed by atoms with Gasteiger partial charge in [0.15, 0.2) is 0 Å². The van der Waals surface area contributed by atoms with Gasteiger partial charge in [0.2, 0.25) is 5.91 Å². The molecule has 2 heterocycles. The van der Waals surface area contributed by atoms with E-state index in [9.17, 15) is 9.59 Å². The molecule has 28 heavy (non-hydrogen) atoms. The fourth-order valence-corrected chi connectivity index (χ4v) is 4.61. The highest BCUT2D eigenvalue weighted by atomic mass is 16.2. The Balaban J connectivity index is 1.49. The molecule has 0 atom stereocenters. The van der Waals surface area contributed by atoms with Gasteiger partial charge < -0.3 is 4.90 Å². The van der Waals surface area contributed by atoms with Crippen LogP contribution >= 0.6 is 0 Å². The van der Waals surface area contributed by atoms with Gasteiger partial charge in [-0.25, -0.2) is 0 Å². The molecule has 1 spiro atoms. The number of hydrogen-bond acceptors (Lipinski definition) is 4. The number of pyridine rings is 1. The SMILES string of the molecule is N#CCC(=O)N1CC=C(c2cc(CC(=O)C3CC3)nc3c2C=CC3)C2(CC2)C1. The van der Waals surface area contributed by atoms with Crippen molar-refractivity contribution in [1.29, 1.82) is 5.26 Å². The smallest absolute Gasteiger partial charge is 0.237 e. The van der Waals surface area contributed by atoms with Gasteiger partial charge in [0, 0.05) is 48.5 Å². The van der Waals surface area contributed by atoms with Crippen molar-refractivity contribution in [3.05, 3.63) is 40.7 Å². The summed E-state index contributed by atoms with van der Waals surface area (Å²) in [5, 5.41) is 8.84. The first-order chi connectivity index (χ1) is 13.6. The summed E-state index contributed by atoms with van der Waals surface area (Å²) in [5.74, 6) is 0.482. The number of aromatic nitrogens is 1. The molecule has 0 radical (unpaired) electrons. The van der Waals surface area contributed by atoms with E-state index in [-0.39, 0.29) is 23.7 Å². The van der Waals surface area contributed by atoms with Crippen LogP contribution in [0.2, 0.25) is 0 Å². The van der Waals surface area contributed by atoms with Crippen molar-refractivity contribution in [2.75, 3.05) is 13.1 Å². The molecule has 1 aliphatic heterocycles. The quantitative estimate of drug-likeness (QED) is 0.795. The number of carbonyl (C=O) groups excluding carboxylic acids is 2. The fraction of sp³-hybridized carbons (Fsp3) is 0.478. The molecule has 0 bridgehead atoms. The van der Waals surface area contributed by atoms with Crippen LogP contribution in [0.1, 0.15) is 54.6 Å². The Morgan fingerprint density at radius 2 is 2.14 bits per heavy atom. The number of fused-ring (bicyclic) bond motifs is 1. The molecule has 0 saturated heterocycles. The van der Waals surface area contributed by atoms with Crippen LogP contribution < -0.4 is 0 Å². The second-order valence-corrected chi connectivity index (χ2v) is 8.55. The summed E-state index contributed by atoms with van der Waals surface area (Å²) >= 11 is 0. The normalized spacial score (nSPS) is 21.2. The maximum Gasteiger partial charge on any atom is 0.237 e. The van der Waals surface area contributed by atoms with Crippen LogP contribution in [0.3, 0.4) is 0 Å². The third kappa shape index (κ3) is 2.97. The number of allylic oxidation sites excluding steroid dienone is 1. The van der Waals surface area contributed by atoms with Crippen molar-refractivity contribution in [1.82, 2.24) is 9.88 Å². The predicted molar refractivity (Wildman–Crippen MR) is 105 cm³/mol. The molecule has 0 unspecified atom stereocenters. The van der Waals surface area contributed by atoms with Gasteiger partial charge in [-0.05, 0) is 42.9 Å². The molecular formula is C23H23N3O2. The number of ketones is 1. The van der Waals surface area contributed by atoms with E-state index in [1.807, 2.05) is 11.0 Å². The number of hydrogen-bond donors (Lipinski definition) is 0. The molecule has 4 aliphatic rings. The Kier molecular flexibility index (Phi) is 3.97. The molecule has 142 valence electrons. The average molecular weight is 373 g/mol. The highest BCUT2D eigenvalue weighted by Crippen LogP contribution is 2.58. The number of rotatable bonds is 5. The standard InChI is InChI=1S/C23H23N3O2/c24-10-6-22(28)26-11-7-19(23(14-26)8-9-23)18-12-16(13-21(27)15-4-5-15)25-20-3-1-2-17(18)20/h1-2,7,12,15H,3-6,8-9,11,13-14H2. The van der Waals surface area contributed by atoms with Crippen LogP contribution in [-0.2, 0) is 22.4 Å². The Morgan fingerprint density at radius 3 is 2.86 bits per heavy atom. The first-order valence-electron chi connectivity index (χ1n) is 10.2. The molecule has 2 fully saturated rings. The van der Waals surface area contributed by atoms with E-state index >= 15 is 0 Å². The number of nitrogens with zero attached hydrogens (tertiary/aromatic N) is 3. The highest BCUT2D eigenvalue weighted by Gasteiger charge is 2.50. The van der Waals surface area contributed by atoms with Crippen LogP contribution in [0, 0.1) is 22.7 Å². The average Bonchev–Trinajstić information content (AvgIpc) is 3.61. The molecule has 0 aromatic carbocycles. The number of carbonyl (C=O) groups is 2. The fourth-order valence-electron chi connectivity index (χ4n) is 4.61. The van der Waals surface area contributed by atoms with E-state index in [4.69, 9.17) is 10.2 Å². The third-order valence-corrected chi connectivity index (χ3v) is 6.48. The topological polar surface area (TPSA) is 74.1 Å². The monoisotopic (exact) mass is 373 g/mol.